The van der Waals surface area contributed by atoms with Crippen LogP contribution in [-0.2, 0) is 14.3 Å². The molecule has 0 atom stereocenters. The Balaban J connectivity index is 2.62. The van der Waals surface area contributed by atoms with Gasteiger partial charge in [-0.1, -0.05) is 0 Å². The molecule has 0 unspecified atom stereocenters. The first-order chi connectivity index (χ1) is 9.02. The minimum atomic E-state index is -0.790. The van der Waals surface area contributed by atoms with Crippen molar-refractivity contribution in [2.45, 2.75) is 6.92 Å². The van der Waals surface area contributed by atoms with Gasteiger partial charge in [-0.3, -0.25) is 14.9 Å². The number of esters is 1. The number of nitro groups is 1. The smallest absolute Gasteiger partial charge is 0.384 e. The van der Waals surface area contributed by atoms with Crippen LogP contribution in [0.3, 0.4) is 0 Å². The number of carbonyl (C=O) groups excluding carboxylic acids is 2. The second-order valence-corrected chi connectivity index (χ2v) is 3.23. The van der Waals surface area contributed by atoms with Crippen LogP contribution in [0, 0.1) is 22.0 Å². The summed E-state index contributed by atoms with van der Waals surface area (Å²) in [5.74, 6) is 2.55. The van der Waals surface area contributed by atoms with Crippen LogP contribution in [0.4, 0.5) is 11.4 Å². The zero-order chi connectivity index (χ0) is 14.3. The molecule has 0 fully saturated rings. The predicted octanol–water partition coefficient (Wildman–Crippen LogP) is 1.10. The van der Waals surface area contributed by atoms with Crippen LogP contribution in [0.1, 0.15) is 6.92 Å². The molecular weight excluding hydrogens is 252 g/mol. The molecule has 7 heteroatoms. The molecule has 0 aliphatic heterocycles. The lowest BCUT2D eigenvalue weighted by Crippen LogP contribution is -2.09. The summed E-state index contributed by atoms with van der Waals surface area (Å²) >= 11 is 0. The highest BCUT2D eigenvalue weighted by Crippen LogP contribution is 2.14. The van der Waals surface area contributed by atoms with Gasteiger partial charge in [-0.05, 0) is 19.1 Å². The summed E-state index contributed by atoms with van der Waals surface area (Å²) in [5, 5.41) is 12.8. The van der Waals surface area contributed by atoms with Gasteiger partial charge in [0.2, 0.25) is 0 Å². The number of benzene rings is 1. The van der Waals surface area contributed by atoms with Gasteiger partial charge in [0.1, 0.15) is 0 Å². The number of nitro benzene ring substituents is 1. The van der Waals surface area contributed by atoms with Crippen molar-refractivity contribution in [2.75, 3.05) is 11.9 Å². The Morgan fingerprint density at radius 3 is 2.47 bits per heavy atom. The van der Waals surface area contributed by atoms with Crippen molar-refractivity contribution in [3.05, 3.63) is 34.4 Å². The zero-order valence-electron chi connectivity index (χ0n) is 10.0. The molecule has 0 radical (unpaired) electrons. The number of nitrogens with zero attached hydrogens (tertiary/aromatic N) is 1. The van der Waals surface area contributed by atoms with Crippen LogP contribution in [0.5, 0.6) is 0 Å². The lowest BCUT2D eigenvalue weighted by molar-refractivity contribution is -0.384. The molecule has 0 saturated carbocycles. The fourth-order valence-corrected chi connectivity index (χ4v) is 1.10. The SMILES string of the molecule is CCOC(=O)C#CC(=O)Nc1ccc([N+](=O)[O-])cc1. The molecule has 0 spiro atoms. The molecule has 0 aliphatic carbocycles. The van der Waals surface area contributed by atoms with Crippen molar-refractivity contribution in [1.29, 1.82) is 0 Å². The third-order valence-electron chi connectivity index (χ3n) is 1.89. The van der Waals surface area contributed by atoms with Crippen LogP contribution in [0.2, 0.25) is 0 Å². The molecule has 0 saturated heterocycles. The van der Waals surface area contributed by atoms with Gasteiger partial charge in [-0.15, -0.1) is 0 Å². The molecule has 1 aromatic carbocycles. The first-order valence-electron chi connectivity index (χ1n) is 5.27. The van der Waals surface area contributed by atoms with Crippen LogP contribution in [0.25, 0.3) is 0 Å². The van der Waals surface area contributed by atoms with Crippen LogP contribution in [-0.4, -0.2) is 23.4 Å². The molecule has 19 heavy (non-hydrogen) atoms. The van der Waals surface area contributed by atoms with Crippen molar-refractivity contribution in [3.63, 3.8) is 0 Å². The van der Waals surface area contributed by atoms with E-state index in [0.717, 1.165) is 0 Å². The number of rotatable bonds is 3. The number of ether oxygens (including phenoxy) is 1. The number of nitrogens with one attached hydrogen (secondary N) is 1. The number of anilines is 1. The first kappa shape index (κ1) is 14.2. The fourth-order valence-electron chi connectivity index (χ4n) is 1.10. The maximum Gasteiger partial charge on any atom is 0.384 e. The number of amides is 1. The molecule has 0 heterocycles. The Bertz CT molecular complexity index is 554. The largest absolute Gasteiger partial charge is 0.456 e. The Morgan fingerprint density at radius 2 is 1.95 bits per heavy atom. The average Bonchev–Trinajstić information content (AvgIpc) is 2.37. The van der Waals surface area contributed by atoms with Crippen molar-refractivity contribution in [2.24, 2.45) is 0 Å². The summed E-state index contributed by atoms with van der Waals surface area (Å²) < 4.78 is 4.52. The van der Waals surface area contributed by atoms with E-state index in [0.29, 0.717) is 5.69 Å². The molecule has 98 valence electrons. The lowest BCUT2D eigenvalue weighted by Gasteiger charge is -1.99. The Morgan fingerprint density at radius 1 is 1.32 bits per heavy atom. The minimum Gasteiger partial charge on any atom is -0.456 e. The minimum absolute atomic E-state index is 0.0874. The molecule has 1 N–H and O–H groups in total. The van der Waals surface area contributed by atoms with E-state index in [2.05, 4.69) is 10.1 Å². The van der Waals surface area contributed by atoms with Gasteiger partial charge in [0.25, 0.3) is 5.69 Å². The van der Waals surface area contributed by atoms with E-state index >= 15 is 0 Å². The van der Waals surface area contributed by atoms with Gasteiger partial charge < -0.3 is 10.1 Å². The highest BCUT2D eigenvalue weighted by atomic mass is 16.6. The Labute approximate surface area is 108 Å². The molecular formula is C12H10N2O5. The van der Waals surface area contributed by atoms with E-state index < -0.39 is 16.8 Å². The topological polar surface area (TPSA) is 98.5 Å². The monoisotopic (exact) mass is 262 g/mol. The van der Waals surface area contributed by atoms with Crippen molar-refractivity contribution in [3.8, 4) is 11.8 Å². The number of non-ortho nitro benzene ring substituents is 1. The zero-order valence-corrected chi connectivity index (χ0v) is 10.0. The summed E-state index contributed by atoms with van der Waals surface area (Å²) in [6.45, 7) is 1.80. The van der Waals surface area contributed by atoms with Gasteiger partial charge in [0, 0.05) is 29.7 Å². The van der Waals surface area contributed by atoms with Crippen molar-refractivity contribution < 1.29 is 19.2 Å². The molecule has 1 amide bonds. The van der Waals surface area contributed by atoms with Gasteiger partial charge >= 0.3 is 11.9 Å². The van der Waals surface area contributed by atoms with E-state index in [1.165, 1.54) is 24.3 Å². The molecule has 7 nitrogen and oxygen atoms in total. The van der Waals surface area contributed by atoms with Gasteiger partial charge in [0.15, 0.2) is 0 Å². The van der Waals surface area contributed by atoms with E-state index in [4.69, 9.17) is 0 Å². The normalized spacial score (nSPS) is 8.89. The van der Waals surface area contributed by atoms with Gasteiger partial charge in [-0.25, -0.2) is 4.79 Å². The molecule has 0 aromatic heterocycles. The number of carbonyl (C=O) groups is 2. The Kier molecular flexibility index (Phi) is 5.04. The number of hydrogen-bond acceptors (Lipinski definition) is 5. The van der Waals surface area contributed by atoms with E-state index in [9.17, 15) is 19.7 Å². The maximum absolute atomic E-state index is 11.3. The molecule has 0 aliphatic rings. The van der Waals surface area contributed by atoms with Crippen molar-refractivity contribution >= 4 is 23.3 Å². The van der Waals surface area contributed by atoms with Crippen LogP contribution >= 0.6 is 0 Å². The summed E-state index contributed by atoms with van der Waals surface area (Å²) in [4.78, 5) is 32.1. The third-order valence-corrected chi connectivity index (χ3v) is 1.89. The predicted molar refractivity (Wildman–Crippen MR) is 66.1 cm³/mol. The van der Waals surface area contributed by atoms with E-state index in [1.54, 1.807) is 6.92 Å². The summed E-state index contributed by atoms with van der Waals surface area (Å²) in [5.41, 5.74) is 0.254. The maximum atomic E-state index is 11.3. The van der Waals surface area contributed by atoms with Crippen LogP contribution < -0.4 is 5.32 Å². The van der Waals surface area contributed by atoms with Crippen LogP contribution in [0.15, 0.2) is 24.3 Å². The van der Waals surface area contributed by atoms with Gasteiger partial charge in [-0.2, -0.15) is 0 Å². The van der Waals surface area contributed by atoms with Crippen molar-refractivity contribution in [1.82, 2.24) is 0 Å². The summed E-state index contributed by atoms with van der Waals surface area (Å²) in [6.07, 6.45) is 0. The first-order valence-corrected chi connectivity index (χ1v) is 5.27. The fraction of sp³-hybridized carbons (Fsp3) is 0.167. The Hall–Kier alpha value is -2.88. The lowest BCUT2D eigenvalue weighted by atomic mass is 10.3. The number of hydrogen-bond donors (Lipinski definition) is 1. The summed E-state index contributed by atoms with van der Waals surface area (Å²) in [6, 6.07) is 5.22. The highest BCUT2D eigenvalue weighted by Gasteiger charge is 2.05. The van der Waals surface area contributed by atoms with E-state index in [-0.39, 0.29) is 12.3 Å². The molecule has 0 bridgehead atoms. The molecule has 1 rings (SSSR count). The highest BCUT2D eigenvalue weighted by molar-refractivity contribution is 6.07. The molecule has 1 aromatic rings. The third kappa shape index (κ3) is 4.87. The second kappa shape index (κ2) is 6.76. The van der Waals surface area contributed by atoms with Gasteiger partial charge in [0.05, 0.1) is 11.5 Å². The standard InChI is InChI=1S/C12H10N2O5/c1-2-19-12(16)8-7-11(15)13-9-3-5-10(6-4-9)14(17)18/h3-6H,2H2,1H3,(H,13,15). The quantitative estimate of drug-likeness (QED) is 0.289. The average molecular weight is 262 g/mol. The summed E-state index contributed by atoms with van der Waals surface area (Å²) in [7, 11) is 0. The second-order valence-electron chi connectivity index (χ2n) is 3.23. The van der Waals surface area contributed by atoms with E-state index in [1.807, 2.05) is 11.8 Å².